The summed E-state index contributed by atoms with van der Waals surface area (Å²) in [7, 11) is 0. The summed E-state index contributed by atoms with van der Waals surface area (Å²) in [6.45, 7) is 6.06. The van der Waals surface area contributed by atoms with Crippen LogP contribution in [0.3, 0.4) is 0 Å². The number of ether oxygens (including phenoxy) is 3. The molecular formula is C20H22Cl2N2O4. The van der Waals surface area contributed by atoms with Crippen molar-refractivity contribution in [3.63, 3.8) is 0 Å². The Morgan fingerprint density at radius 2 is 1.86 bits per heavy atom. The van der Waals surface area contributed by atoms with E-state index in [2.05, 4.69) is 10.5 Å². The van der Waals surface area contributed by atoms with Gasteiger partial charge in [0.25, 0.3) is 5.91 Å². The lowest BCUT2D eigenvalue weighted by molar-refractivity contribution is -0.123. The third-order valence-corrected chi connectivity index (χ3v) is 3.82. The van der Waals surface area contributed by atoms with Crippen LogP contribution < -0.4 is 19.6 Å². The van der Waals surface area contributed by atoms with Crippen LogP contribution in [-0.2, 0) is 4.79 Å². The van der Waals surface area contributed by atoms with E-state index in [0.717, 1.165) is 5.56 Å². The molecule has 0 unspecified atom stereocenters. The van der Waals surface area contributed by atoms with Crippen molar-refractivity contribution < 1.29 is 19.0 Å². The average molecular weight is 425 g/mol. The van der Waals surface area contributed by atoms with Crippen molar-refractivity contribution in [1.82, 2.24) is 5.43 Å². The summed E-state index contributed by atoms with van der Waals surface area (Å²) >= 11 is 11.8. The zero-order valence-electron chi connectivity index (χ0n) is 15.9. The molecule has 0 saturated heterocycles. The van der Waals surface area contributed by atoms with Gasteiger partial charge in [0.15, 0.2) is 18.1 Å². The Morgan fingerprint density at radius 3 is 2.54 bits per heavy atom. The molecule has 6 nitrogen and oxygen atoms in total. The quantitative estimate of drug-likeness (QED) is 0.467. The number of carbonyl (C=O) groups excluding carboxylic acids is 1. The number of hydrazone groups is 1. The molecule has 0 spiro atoms. The van der Waals surface area contributed by atoms with Crippen molar-refractivity contribution in [3.8, 4) is 17.2 Å². The predicted molar refractivity (Wildman–Crippen MR) is 111 cm³/mol. The molecule has 0 fully saturated rings. The molecule has 0 atom stereocenters. The van der Waals surface area contributed by atoms with E-state index in [1.54, 1.807) is 24.3 Å². The maximum Gasteiger partial charge on any atom is 0.277 e. The minimum atomic E-state index is -0.424. The van der Waals surface area contributed by atoms with Crippen LogP contribution in [-0.4, -0.2) is 31.4 Å². The first kappa shape index (κ1) is 21.9. The van der Waals surface area contributed by atoms with Crippen molar-refractivity contribution >= 4 is 35.3 Å². The molecular weight excluding hydrogens is 403 g/mol. The molecule has 0 bridgehead atoms. The maximum absolute atomic E-state index is 11.9. The Bertz CT molecular complexity index is 841. The molecule has 2 aromatic rings. The van der Waals surface area contributed by atoms with E-state index >= 15 is 0 Å². The normalized spacial score (nSPS) is 10.9. The van der Waals surface area contributed by atoms with Gasteiger partial charge in [-0.05, 0) is 62.7 Å². The van der Waals surface area contributed by atoms with E-state index in [1.165, 1.54) is 12.3 Å². The van der Waals surface area contributed by atoms with Gasteiger partial charge in [0, 0.05) is 5.02 Å². The van der Waals surface area contributed by atoms with Crippen molar-refractivity contribution in [2.45, 2.75) is 26.9 Å². The zero-order valence-corrected chi connectivity index (χ0v) is 17.4. The highest BCUT2D eigenvalue weighted by atomic mass is 35.5. The highest BCUT2D eigenvalue weighted by molar-refractivity contribution is 6.35. The smallest absolute Gasteiger partial charge is 0.277 e. The first-order chi connectivity index (χ1) is 13.4. The average Bonchev–Trinajstić information content (AvgIpc) is 2.63. The van der Waals surface area contributed by atoms with Crippen LogP contribution >= 0.6 is 23.2 Å². The van der Waals surface area contributed by atoms with Gasteiger partial charge in [-0.15, -0.1) is 0 Å². The molecule has 2 aromatic carbocycles. The first-order valence-corrected chi connectivity index (χ1v) is 9.48. The van der Waals surface area contributed by atoms with Crippen LogP contribution in [0.15, 0.2) is 41.5 Å². The number of hydrogen-bond donors (Lipinski definition) is 1. The van der Waals surface area contributed by atoms with E-state index in [9.17, 15) is 4.79 Å². The topological polar surface area (TPSA) is 69.2 Å². The summed E-state index contributed by atoms with van der Waals surface area (Å²) in [6.07, 6.45) is 1.54. The first-order valence-electron chi connectivity index (χ1n) is 8.72. The van der Waals surface area contributed by atoms with Crippen LogP contribution in [0.4, 0.5) is 0 Å². The van der Waals surface area contributed by atoms with Crippen molar-refractivity contribution in [2.75, 3.05) is 13.2 Å². The summed E-state index contributed by atoms with van der Waals surface area (Å²) in [6, 6.07) is 10.2. The largest absolute Gasteiger partial charge is 0.490 e. The summed E-state index contributed by atoms with van der Waals surface area (Å²) < 4.78 is 16.7. The number of carbonyl (C=O) groups is 1. The predicted octanol–water partition coefficient (Wildman–Crippen LogP) is 4.71. The fraction of sp³-hybridized carbons (Fsp3) is 0.300. The molecule has 0 aliphatic carbocycles. The summed E-state index contributed by atoms with van der Waals surface area (Å²) in [5.74, 6) is 1.22. The third-order valence-electron chi connectivity index (χ3n) is 3.29. The van der Waals surface area contributed by atoms with Crippen molar-refractivity contribution in [2.24, 2.45) is 5.10 Å². The zero-order chi connectivity index (χ0) is 20.5. The van der Waals surface area contributed by atoms with E-state index in [0.29, 0.717) is 33.9 Å². The van der Waals surface area contributed by atoms with Crippen LogP contribution in [0.25, 0.3) is 0 Å². The highest BCUT2D eigenvalue weighted by Crippen LogP contribution is 2.29. The van der Waals surface area contributed by atoms with Gasteiger partial charge in [-0.3, -0.25) is 4.79 Å². The highest BCUT2D eigenvalue weighted by Gasteiger charge is 2.08. The van der Waals surface area contributed by atoms with Gasteiger partial charge >= 0.3 is 0 Å². The number of nitrogens with zero attached hydrogens (tertiary/aromatic N) is 1. The molecule has 0 radical (unpaired) electrons. The van der Waals surface area contributed by atoms with Gasteiger partial charge in [-0.25, -0.2) is 5.43 Å². The van der Waals surface area contributed by atoms with Gasteiger partial charge in [0.2, 0.25) is 0 Å². The number of nitrogens with one attached hydrogen (secondary N) is 1. The van der Waals surface area contributed by atoms with E-state index in [4.69, 9.17) is 37.4 Å². The molecule has 1 amide bonds. The lowest BCUT2D eigenvalue weighted by Crippen LogP contribution is -2.24. The molecule has 150 valence electrons. The van der Waals surface area contributed by atoms with Crippen LogP contribution in [0.2, 0.25) is 10.0 Å². The summed E-state index contributed by atoms with van der Waals surface area (Å²) in [5.41, 5.74) is 3.15. The molecule has 1 N–H and O–H groups in total. The fourth-order valence-corrected chi connectivity index (χ4v) is 2.63. The fourth-order valence-electron chi connectivity index (χ4n) is 2.17. The molecule has 0 saturated carbocycles. The summed E-state index contributed by atoms with van der Waals surface area (Å²) in [4.78, 5) is 11.9. The Kier molecular flexibility index (Phi) is 8.42. The Hall–Kier alpha value is -2.44. The number of amides is 1. The van der Waals surface area contributed by atoms with E-state index in [-0.39, 0.29) is 12.7 Å². The van der Waals surface area contributed by atoms with Gasteiger partial charge in [-0.2, -0.15) is 5.10 Å². The molecule has 28 heavy (non-hydrogen) atoms. The molecule has 0 aliphatic rings. The van der Waals surface area contributed by atoms with E-state index in [1.807, 2.05) is 26.8 Å². The lowest BCUT2D eigenvalue weighted by atomic mass is 10.2. The van der Waals surface area contributed by atoms with E-state index < -0.39 is 5.91 Å². The molecule has 0 heterocycles. The second-order valence-electron chi connectivity index (χ2n) is 5.96. The lowest BCUT2D eigenvalue weighted by Gasteiger charge is -2.14. The maximum atomic E-state index is 11.9. The second kappa shape index (κ2) is 10.8. The SMILES string of the molecule is CCOc1cc(/C=N/NC(=O)COc2ccc(Cl)cc2Cl)ccc1OC(C)C. The Labute approximate surface area is 174 Å². The van der Waals surface area contributed by atoms with Gasteiger partial charge in [0.1, 0.15) is 5.75 Å². The molecule has 8 heteroatoms. The van der Waals surface area contributed by atoms with Crippen LogP contribution in [0.1, 0.15) is 26.3 Å². The van der Waals surface area contributed by atoms with Crippen molar-refractivity contribution in [3.05, 3.63) is 52.0 Å². The van der Waals surface area contributed by atoms with Crippen molar-refractivity contribution in [1.29, 1.82) is 0 Å². The number of benzene rings is 2. The monoisotopic (exact) mass is 424 g/mol. The van der Waals surface area contributed by atoms with Gasteiger partial charge in [-0.1, -0.05) is 23.2 Å². The number of hydrogen-bond acceptors (Lipinski definition) is 5. The Morgan fingerprint density at radius 1 is 1.11 bits per heavy atom. The number of rotatable bonds is 9. The minimum Gasteiger partial charge on any atom is -0.490 e. The molecule has 0 aromatic heterocycles. The van der Waals surface area contributed by atoms with Crippen LogP contribution in [0, 0.1) is 0 Å². The standard InChI is InChI=1S/C20H22Cl2N2O4/c1-4-26-19-9-14(5-7-18(19)28-13(2)3)11-23-24-20(25)12-27-17-8-6-15(21)10-16(17)22/h5-11,13H,4,12H2,1-3H3,(H,24,25)/b23-11+. The molecule has 0 aliphatic heterocycles. The number of halogens is 2. The Balaban J connectivity index is 1.92. The van der Waals surface area contributed by atoms with Crippen LogP contribution in [0.5, 0.6) is 17.2 Å². The summed E-state index contributed by atoms with van der Waals surface area (Å²) in [5, 5.41) is 4.75. The van der Waals surface area contributed by atoms with Gasteiger partial charge < -0.3 is 14.2 Å². The minimum absolute atomic E-state index is 0.0344. The van der Waals surface area contributed by atoms with Gasteiger partial charge in [0.05, 0.1) is 23.9 Å². The molecule has 2 rings (SSSR count). The third kappa shape index (κ3) is 6.94. The second-order valence-corrected chi connectivity index (χ2v) is 6.81.